The summed E-state index contributed by atoms with van der Waals surface area (Å²) in [6.07, 6.45) is 0.770. The molecule has 0 aliphatic heterocycles. The third kappa shape index (κ3) is 3.39. The second-order valence-corrected chi connectivity index (χ2v) is 5.67. The summed E-state index contributed by atoms with van der Waals surface area (Å²) in [5.74, 6) is 0.930. The fraction of sp³-hybridized carbons (Fsp3) is 0.385. The molecule has 1 aromatic heterocycles. The quantitative estimate of drug-likeness (QED) is 0.930. The summed E-state index contributed by atoms with van der Waals surface area (Å²) in [6.45, 7) is 4.15. The van der Waals surface area contributed by atoms with E-state index in [0.29, 0.717) is 27.7 Å². The fourth-order valence-electron chi connectivity index (χ4n) is 1.77. The zero-order chi connectivity index (χ0) is 14.0. The van der Waals surface area contributed by atoms with Gasteiger partial charge in [-0.1, -0.05) is 19.0 Å². The Hall–Kier alpha value is -1.27. The monoisotopic (exact) mass is 327 g/mol. The predicted octanol–water partition coefficient (Wildman–Crippen LogP) is 3.68. The van der Waals surface area contributed by atoms with Crippen LogP contribution in [0.5, 0.6) is 0 Å². The van der Waals surface area contributed by atoms with Crippen LogP contribution in [0.3, 0.4) is 0 Å². The van der Waals surface area contributed by atoms with Gasteiger partial charge in [-0.25, -0.2) is 4.39 Å². The maximum absolute atomic E-state index is 13.0. The molecule has 0 fully saturated rings. The van der Waals surface area contributed by atoms with Gasteiger partial charge in [0.2, 0.25) is 11.7 Å². The summed E-state index contributed by atoms with van der Waals surface area (Å²) in [6, 6.07) is 4.03. The largest absolute Gasteiger partial charge is 0.337 e. The van der Waals surface area contributed by atoms with Gasteiger partial charge in [-0.2, -0.15) is 4.98 Å². The van der Waals surface area contributed by atoms with E-state index in [9.17, 15) is 4.39 Å². The van der Waals surface area contributed by atoms with Gasteiger partial charge in [0.05, 0.1) is 6.04 Å². The van der Waals surface area contributed by atoms with Crippen molar-refractivity contribution in [2.45, 2.75) is 26.3 Å². The number of halogens is 2. The normalized spacial score (nSPS) is 12.9. The van der Waals surface area contributed by atoms with Crippen molar-refractivity contribution >= 4 is 15.9 Å². The molecule has 4 nitrogen and oxygen atoms in total. The van der Waals surface area contributed by atoms with Crippen LogP contribution >= 0.6 is 15.9 Å². The molecule has 102 valence electrons. The highest BCUT2D eigenvalue weighted by Gasteiger charge is 2.18. The van der Waals surface area contributed by atoms with Crippen LogP contribution in [0.1, 0.15) is 32.2 Å². The maximum Gasteiger partial charge on any atom is 0.243 e. The van der Waals surface area contributed by atoms with Crippen LogP contribution in [0.25, 0.3) is 11.4 Å². The van der Waals surface area contributed by atoms with E-state index in [0.717, 1.165) is 6.42 Å². The van der Waals surface area contributed by atoms with E-state index >= 15 is 0 Å². The molecule has 0 aliphatic rings. The van der Waals surface area contributed by atoms with Crippen molar-refractivity contribution in [2.75, 3.05) is 0 Å². The van der Waals surface area contributed by atoms with Gasteiger partial charge in [0.1, 0.15) is 5.82 Å². The van der Waals surface area contributed by atoms with Gasteiger partial charge in [-0.05, 0) is 46.5 Å². The number of hydrogen-bond donors (Lipinski definition) is 1. The summed E-state index contributed by atoms with van der Waals surface area (Å²) in [5.41, 5.74) is 6.66. The molecule has 0 saturated heterocycles. The van der Waals surface area contributed by atoms with E-state index in [2.05, 4.69) is 39.9 Å². The number of aromatic nitrogens is 2. The van der Waals surface area contributed by atoms with Crippen LogP contribution in [0.2, 0.25) is 0 Å². The van der Waals surface area contributed by atoms with Gasteiger partial charge in [-0.3, -0.25) is 0 Å². The van der Waals surface area contributed by atoms with Crippen molar-refractivity contribution in [2.24, 2.45) is 11.7 Å². The zero-order valence-electron chi connectivity index (χ0n) is 10.7. The van der Waals surface area contributed by atoms with Crippen molar-refractivity contribution < 1.29 is 8.91 Å². The predicted molar refractivity (Wildman–Crippen MR) is 73.8 cm³/mol. The first-order valence-electron chi connectivity index (χ1n) is 6.02. The first-order valence-corrected chi connectivity index (χ1v) is 6.81. The standard InChI is InChI=1S/C13H15BrFN3O/c1-7(2)5-11(16)13-17-12(18-19-13)9-4-3-8(15)6-10(9)14/h3-4,6-7,11H,5,16H2,1-2H3. The minimum Gasteiger partial charge on any atom is -0.337 e. The van der Waals surface area contributed by atoms with Crippen LogP contribution in [-0.4, -0.2) is 10.1 Å². The minimum atomic E-state index is -0.323. The molecule has 0 bridgehead atoms. The van der Waals surface area contributed by atoms with Crippen LogP contribution in [0.4, 0.5) is 4.39 Å². The second kappa shape index (κ2) is 5.79. The number of hydrogen-bond acceptors (Lipinski definition) is 4. The molecule has 0 amide bonds. The Morgan fingerprint density at radius 2 is 2.16 bits per heavy atom. The average Bonchev–Trinajstić information content (AvgIpc) is 2.77. The summed E-state index contributed by atoms with van der Waals surface area (Å²) in [7, 11) is 0. The molecule has 0 radical (unpaired) electrons. The Kier molecular flexibility index (Phi) is 4.31. The summed E-state index contributed by atoms with van der Waals surface area (Å²) < 4.78 is 18.8. The molecule has 2 aromatic rings. The molecular weight excluding hydrogens is 313 g/mol. The highest BCUT2D eigenvalue weighted by Crippen LogP contribution is 2.28. The summed E-state index contributed by atoms with van der Waals surface area (Å²) in [5, 5.41) is 3.89. The highest BCUT2D eigenvalue weighted by molar-refractivity contribution is 9.10. The lowest BCUT2D eigenvalue weighted by Gasteiger charge is -2.08. The van der Waals surface area contributed by atoms with E-state index in [1.807, 2.05) is 0 Å². The Morgan fingerprint density at radius 1 is 1.42 bits per heavy atom. The minimum absolute atomic E-state index is 0.277. The Balaban J connectivity index is 2.25. The SMILES string of the molecule is CC(C)CC(N)c1nc(-c2ccc(F)cc2Br)no1. The fourth-order valence-corrected chi connectivity index (χ4v) is 2.30. The van der Waals surface area contributed by atoms with E-state index in [1.54, 1.807) is 6.07 Å². The Labute approximate surface area is 119 Å². The van der Waals surface area contributed by atoms with Crippen LogP contribution < -0.4 is 5.73 Å². The van der Waals surface area contributed by atoms with Crippen molar-refractivity contribution in [1.29, 1.82) is 0 Å². The van der Waals surface area contributed by atoms with Gasteiger partial charge in [0, 0.05) is 10.0 Å². The van der Waals surface area contributed by atoms with E-state index in [1.165, 1.54) is 12.1 Å². The van der Waals surface area contributed by atoms with Gasteiger partial charge in [-0.15, -0.1) is 0 Å². The third-order valence-corrected chi connectivity index (χ3v) is 3.31. The van der Waals surface area contributed by atoms with Crippen LogP contribution in [0.15, 0.2) is 27.2 Å². The molecule has 0 saturated carbocycles. The zero-order valence-corrected chi connectivity index (χ0v) is 12.3. The second-order valence-electron chi connectivity index (χ2n) is 4.82. The average molecular weight is 328 g/mol. The van der Waals surface area contributed by atoms with E-state index in [4.69, 9.17) is 10.3 Å². The maximum atomic E-state index is 13.0. The lowest BCUT2D eigenvalue weighted by molar-refractivity contribution is 0.335. The lowest BCUT2D eigenvalue weighted by Crippen LogP contribution is -2.13. The van der Waals surface area contributed by atoms with Gasteiger partial charge < -0.3 is 10.3 Å². The molecule has 0 spiro atoms. The third-order valence-electron chi connectivity index (χ3n) is 2.66. The molecular formula is C13H15BrFN3O. The first-order chi connectivity index (χ1) is 8.97. The first kappa shape index (κ1) is 14.1. The Bertz CT molecular complexity index is 571. The molecule has 6 heteroatoms. The van der Waals surface area contributed by atoms with Crippen molar-refractivity contribution in [3.05, 3.63) is 34.4 Å². The van der Waals surface area contributed by atoms with E-state index < -0.39 is 0 Å². The van der Waals surface area contributed by atoms with Gasteiger partial charge in [0.25, 0.3) is 0 Å². The molecule has 2 N–H and O–H groups in total. The van der Waals surface area contributed by atoms with E-state index in [-0.39, 0.29) is 11.9 Å². The van der Waals surface area contributed by atoms with Gasteiger partial charge in [0.15, 0.2) is 0 Å². The molecule has 0 aliphatic carbocycles. The lowest BCUT2D eigenvalue weighted by atomic mass is 10.0. The molecule has 2 rings (SSSR count). The number of rotatable bonds is 4. The molecule has 1 atom stereocenters. The number of benzene rings is 1. The molecule has 1 heterocycles. The van der Waals surface area contributed by atoms with Crippen molar-refractivity contribution in [3.8, 4) is 11.4 Å². The molecule has 19 heavy (non-hydrogen) atoms. The highest BCUT2D eigenvalue weighted by atomic mass is 79.9. The van der Waals surface area contributed by atoms with Crippen molar-refractivity contribution in [1.82, 2.24) is 10.1 Å². The number of nitrogens with zero attached hydrogens (tertiary/aromatic N) is 2. The van der Waals surface area contributed by atoms with Crippen LogP contribution in [-0.2, 0) is 0 Å². The Morgan fingerprint density at radius 3 is 2.79 bits per heavy atom. The molecule has 1 unspecified atom stereocenters. The van der Waals surface area contributed by atoms with Crippen LogP contribution in [0, 0.1) is 11.7 Å². The van der Waals surface area contributed by atoms with Crippen molar-refractivity contribution in [3.63, 3.8) is 0 Å². The molecule has 1 aromatic carbocycles. The summed E-state index contributed by atoms with van der Waals surface area (Å²) in [4.78, 5) is 4.27. The smallest absolute Gasteiger partial charge is 0.243 e. The summed E-state index contributed by atoms with van der Waals surface area (Å²) >= 11 is 3.28. The topological polar surface area (TPSA) is 64.9 Å². The number of nitrogens with two attached hydrogens (primary N) is 1. The van der Waals surface area contributed by atoms with Gasteiger partial charge >= 0.3 is 0 Å².